The number of alkyl halides is 1. The van der Waals surface area contributed by atoms with Crippen LogP contribution >= 0.6 is 27.3 Å². The van der Waals surface area contributed by atoms with Crippen molar-refractivity contribution in [2.24, 2.45) is 0 Å². The Morgan fingerprint density at radius 3 is 2.86 bits per heavy atom. The normalized spacial score (nSPS) is 10.2. The van der Waals surface area contributed by atoms with E-state index < -0.39 is 0 Å². The van der Waals surface area contributed by atoms with Crippen LogP contribution in [0.3, 0.4) is 0 Å². The van der Waals surface area contributed by atoms with Gasteiger partial charge in [0.15, 0.2) is 0 Å². The van der Waals surface area contributed by atoms with E-state index in [0.29, 0.717) is 0 Å². The van der Waals surface area contributed by atoms with Crippen LogP contribution in [-0.2, 0) is 0 Å². The first-order valence-corrected chi connectivity index (χ1v) is 6.46. The molecule has 0 spiro atoms. The molecule has 0 aromatic carbocycles. The van der Waals surface area contributed by atoms with Gasteiger partial charge in [0.05, 0.1) is 11.2 Å². The second kappa shape index (κ2) is 5.46. The van der Waals surface area contributed by atoms with Gasteiger partial charge >= 0.3 is 0 Å². The van der Waals surface area contributed by atoms with E-state index in [1.54, 1.807) is 5.51 Å². The van der Waals surface area contributed by atoms with Crippen molar-refractivity contribution in [2.75, 3.05) is 18.4 Å². The lowest BCUT2D eigenvalue weighted by Crippen LogP contribution is -2.32. The molecule has 0 radical (unpaired) electrons. The molecule has 0 bridgehead atoms. The van der Waals surface area contributed by atoms with Gasteiger partial charge in [0.25, 0.3) is 5.91 Å². The Bertz CT molecular complexity index is 314. The summed E-state index contributed by atoms with van der Waals surface area (Å²) in [5.74, 6) is 0.0898. The molecule has 14 heavy (non-hydrogen) atoms. The summed E-state index contributed by atoms with van der Waals surface area (Å²) in [6, 6.07) is 0. The number of halogens is 1. The molecule has 0 N–H and O–H groups in total. The highest BCUT2D eigenvalue weighted by Gasteiger charge is 2.17. The first-order valence-electron chi connectivity index (χ1n) is 4.46. The molecule has 0 unspecified atom stereocenters. The van der Waals surface area contributed by atoms with E-state index in [4.69, 9.17) is 0 Å². The molecule has 3 nitrogen and oxygen atoms in total. The van der Waals surface area contributed by atoms with Crippen molar-refractivity contribution in [3.63, 3.8) is 0 Å². The van der Waals surface area contributed by atoms with Gasteiger partial charge in [0.2, 0.25) is 0 Å². The maximum absolute atomic E-state index is 11.9. The zero-order chi connectivity index (χ0) is 10.6. The van der Waals surface area contributed by atoms with Crippen LogP contribution in [0.1, 0.15) is 22.3 Å². The number of hydrogen-bond acceptors (Lipinski definition) is 3. The molecule has 0 saturated carbocycles. The van der Waals surface area contributed by atoms with Gasteiger partial charge in [-0.15, -0.1) is 11.3 Å². The summed E-state index contributed by atoms with van der Waals surface area (Å²) >= 11 is 4.74. The molecule has 78 valence electrons. The predicted octanol–water partition coefficient (Wildman–Crippen LogP) is 2.31. The average molecular weight is 277 g/mol. The van der Waals surface area contributed by atoms with Gasteiger partial charge in [0.1, 0.15) is 4.88 Å². The Labute approximate surface area is 96.3 Å². The fraction of sp³-hybridized carbons (Fsp3) is 0.556. The molecule has 0 aliphatic carbocycles. The molecule has 0 atom stereocenters. The summed E-state index contributed by atoms with van der Waals surface area (Å²) in [5.41, 5.74) is 2.54. The lowest BCUT2D eigenvalue weighted by atomic mass is 10.3. The summed E-state index contributed by atoms with van der Waals surface area (Å²) in [5, 5.41) is 0.810. The Morgan fingerprint density at radius 2 is 2.43 bits per heavy atom. The molecule has 1 amide bonds. The van der Waals surface area contributed by atoms with Gasteiger partial charge in [-0.1, -0.05) is 15.9 Å². The van der Waals surface area contributed by atoms with Crippen molar-refractivity contribution in [2.45, 2.75) is 13.8 Å². The van der Waals surface area contributed by atoms with E-state index in [0.717, 1.165) is 29.0 Å². The molecule has 1 aromatic rings. The molecule has 0 aliphatic heterocycles. The third-order valence-corrected chi connectivity index (χ3v) is 3.23. The van der Waals surface area contributed by atoms with Crippen LogP contribution in [0.5, 0.6) is 0 Å². The number of hydrogen-bond donors (Lipinski definition) is 0. The van der Waals surface area contributed by atoms with E-state index in [-0.39, 0.29) is 5.91 Å². The second-order valence-corrected chi connectivity index (χ2v) is 4.49. The quantitative estimate of drug-likeness (QED) is 0.791. The topological polar surface area (TPSA) is 33.2 Å². The van der Waals surface area contributed by atoms with Gasteiger partial charge in [-0.25, -0.2) is 4.98 Å². The van der Waals surface area contributed by atoms with Crippen molar-refractivity contribution >= 4 is 33.2 Å². The molecule has 1 aromatic heterocycles. The summed E-state index contributed by atoms with van der Waals surface area (Å²) in [6.45, 7) is 5.33. The van der Waals surface area contributed by atoms with E-state index in [1.165, 1.54) is 11.3 Å². The van der Waals surface area contributed by atoms with Gasteiger partial charge in [-0.05, 0) is 13.8 Å². The molecule has 0 fully saturated rings. The Balaban J connectivity index is 2.78. The molecular formula is C9H13BrN2OS. The highest BCUT2D eigenvalue weighted by molar-refractivity contribution is 9.09. The smallest absolute Gasteiger partial charge is 0.265 e. The van der Waals surface area contributed by atoms with Gasteiger partial charge in [-0.3, -0.25) is 4.79 Å². The summed E-state index contributed by atoms with van der Waals surface area (Å²) in [6.07, 6.45) is 0. The van der Waals surface area contributed by atoms with Gasteiger partial charge in [0, 0.05) is 18.4 Å². The van der Waals surface area contributed by atoms with Crippen molar-refractivity contribution in [3.05, 3.63) is 16.1 Å². The highest BCUT2D eigenvalue weighted by Crippen LogP contribution is 2.14. The Kier molecular flexibility index (Phi) is 4.54. The number of thiazole rings is 1. The predicted molar refractivity (Wildman–Crippen MR) is 62.2 cm³/mol. The first kappa shape index (κ1) is 11.7. The van der Waals surface area contributed by atoms with Crippen LogP contribution in [0.15, 0.2) is 5.51 Å². The minimum absolute atomic E-state index is 0.0898. The second-order valence-electron chi connectivity index (χ2n) is 2.84. The third kappa shape index (κ3) is 2.54. The molecule has 0 aliphatic rings. The number of aromatic nitrogens is 1. The average Bonchev–Trinajstić information content (AvgIpc) is 2.59. The van der Waals surface area contributed by atoms with Crippen LogP contribution in [0, 0.1) is 6.92 Å². The number of amides is 1. The SMILES string of the molecule is CCN(CCBr)C(=O)c1scnc1C. The minimum Gasteiger partial charge on any atom is -0.337 e. The van der Waals surface area contributed by atoms with Crippen LogP contribution in [0.25, 0.3) is 0 Å². The molecule has 5 heteroatoms. The van der Waals surface area contributed by atoms with E-state index in [2.05, 4.69) is 20.9 Å². The standard InChI is InChI=1S/C9H13BrN2OS/c1-3-12(5-4-10)9(13)8-7(2)11-6-14-8/h6H,3-5H2,1-2H3. The summed E-state index contributed by atoms with van der Waals surface area (Å²) in [7, 11) is 0. The van der Waals surface area contributed by atoms with Crippen LogP contribution in [0.2, 0.25) is 0 Å². The lowest BCUT2D eigenvalue weighted by Gasteiger charge is -2.18. The van der Waals surface area contributed by atoms with Crippen LogP contribution in [0.4, 0.5) is 0 Å². The minimum atomic E-state index is 0.0898. The fourth-order valence-corrected chi connectivity index (χ4v) is 2.35. The highest BCUT2D eigenvalue weighted by atomic mass is 79.9. The third-order valence-electron chi connectivity index (χ3n) is 1.96. The van der Waals surface area contributed by atoms with Crippen molar-refractivity contribution < 1.29 is 4.79 Å². The van der Waals surface area contributed by atoms with Gasteiger partial charge < -0.3 is 4.90 Å². The maximum Gasteiger partial charge on any atom is 0.265 e. The Hall–Kier alpha value is -0.420. The number of rotatable bonds is 4. The Morgan fingerprint density at radius 1 is 1.71 bits per heavy atom. The van der Waals surface area contributed by atoms with Gasteiger partial charge in [-0.2, -0.15) is 0 Å². The van der Waals surface area contributed by atoms with Crippen LogP contribution < -0.4 is 0 Å². The molecule has 1 heterocycles. The van der Waals surface area contributed by atoms with E-state index in [1.807, 2.05) is 18.7 Å². The monoisotopic (exact) mass is 276 g/mol. The number of aryl methyl sites for hydroxylation is 1. The number of carbonyl (C=O) groups excluding carboxylic acids is 1. The van der Waals surface area contributed by atoms with E-state index >= 15 is 0 Å². The zero-order valence-electron chi connectivity index (χ0n) is 8.29. The molecule has 0 saturated heterocycles. The maximum atomic E-state index is 11.9. The lowest BCUT2D eigenvalue weighted by molar-refractivity contribution is 0.0779. The van der Waals surface area contributed by atoms with Crippen molar-refractivity contribution in [1.82, 2.24) is 9.88 Å². The number of nitrogens with zero attached hydrogens (tertiary/aromatic N) is 2. The summed E-state index contributed by atoms with van der Waals surface area (Å²) in [4.78, 5) is 18.6. The van der Waals surface area contributed by atoms with Crippen molar-refractivity contribution in [1.29, 1.82) is 0 Å². The summed E-state index contributed by atoms with van der Waals surface area (Å²) < 4.78 is 0. The molecular weight excluding hydrogens is 264 g/mol. The fourth-order valence-electron chi connectivity index (χ4n) is 1.16. The van der Waals surface area contributed by atoms with Crippen molar-refractivity contribution in [3.8, 4) is 0 Å². The first-order chi connectivity index (χ1) is 6.70. The molecule has 1 rings (SSSR count). The largest absolute Gasteiger partial charge is 0.337 e. The number of carbonyl (C=O) groups is 1. The van der Waals surface area contributed by atoms with Crippen LogP contribution in [-0.4, -0.2) is 34.2 Å². The van der Waals surface area contributed by atoms with E-state index in [9.17, 15) is 4.79 Å². The zero-order valence-corrected chi connectivity index (χ0v) is 10.7.